The number of carbonyl (C=O) groups excluding carboxylic acids is 1. The average molecular weight is 287 g/mol. The van der Waals surface area contributed by atoms with Crippen molar-refractivity contribution in [3.63, 3.8) is 0 Å². The van der Waals surface area contributed by atoms with Crippen LogP contribution >= 0.6 is 0 Å². The van der Waals surface area contributed by atoms with Crippen LogP contribution in [0.1, 0.15) is 36.8 Å². The zero-order chi connectivity index (χ0) is 14.8. The molecule has 1 heterocycles. The van der Waals surface area contributed by atoms with Crippen LogP contribution in [0.2, 0.25) is 0 Å². The van der Waals surface area contributed by atoms with Crippen LogP contribution in [0.4, 0.5) is 0 Å². The minimum atomic E-state index is -0.866. The lowest BCUT2D eigenvalue weighted by Crippen LogP contribution is -2.41. The van der Waals surface area contributed by atoms with E-state index < -0.39 is 12.0 Å². The van der Waals surface area contributed by atoms with Crippen LogP contribution in [-0.2, 0) is 22.4 Å². The van der Waals surface area contributed by atoms with E-state index in [2.05, 4.69) is 18.2 Å². The van der Waals surface area contributed by atoms with Gasteiger partial charge in [-0.1, -0.05) is 24.3 Å². The van der Waals surface area contributed by atoms with Gasteiger partial charge < -0.3 is 10.0 Å². The van der Waals surface area contributed by atoms with Crippen molar-refractivity contribution in [2.24, 2.45) is 5.92 Å². The van der Waals surface area contributed by atoms with E-state index in [-0.39, 0.29) is 5.91 Å². The van der Waals surface area contributed by atoms with Crippen LogP contribution in [0.3, 0.4) is 0 Å². The maximum absolute atomic E-state index is 12.4. The van der Waals surface area contributed by atoms with E-state index in [4.69, 9.17) is 0 Å². The lowest BCUT2D eigenvalue weighted by atomic mass is 9.82. The van der Waals surface area contributed by atoms with Crippen LogP contribution in [0, 0.1) is 5.92 Å². The van der Waals surface area contributed by atoms with Gasteiger partial charge in [0.1, 0.15) is 6.04 Å². The molecule has 21 heavy (non-hydrogen) atoms. The highest BCUT2D eigenvalue weighted by Crippen LogP contribution is 2.29. The largest absolute Gasteiger partial charge is 0.480 e. The Balaban J connectivity index is 1.62. The van der Waals surface area contributed by atoms with Gasteiger partial charge in [-0.2, -0.15) is 0 Å². The summed E-state index contributed by atoms with van der Waals surface area (Å²) in [5.74, 6) is -0.499. The number of aliphatic carboxylic acids is 1. The minimum Gasteiger partial charge on any atom is -0.480 e. The van der Waals surface area contributed by atoms with E-state index in [0.29, 0.717) is 25.3 Å². The molecule has 4 nitrogen and oxygen atoms in total. The van der Waals surface area contributed by atoms with E-state index in [9.17, 15) is 14.7 Å². The van der Waals surface area contributed by atoms with Gasteiger partial charge in [0.15, 0.2) is 0 Å². The van der Waals surface area contributed by atoms with Crippen LogP contribution in [0.25, 0.3) is 0 Å². The van der Waals surface area contributed by atoms with Crippen molar-refractivity contribution in [2.75, 3.05) is 6.54 Å². The molecule has 1 N–H and O–H groups in total. The Kier molecular flexibility index (Phi) is 3.95. The molecule has 2 aliphatic rings. The number of benzene rings is 1. The number of aryl methyl sites for hydroxylation is 1. The number of nitrogens with zero attached hydrogens (tertiary/aromatic N) is 1. The number of carboxylic acid groups (broad SMARTS) is 1. The van der Waals surface area contributed by atoms with Gasteiger partial charge in [0.25, 0.3) is 0 Å². The molecule has 0 spiro atoms. The summed E-state index contributed by atoms with van der Waals surface area (Å²) in [5, 5.41) is 9.17. The average Bonchev–Trinajstić information content (AvgIpc) is 2.97. The van der Waals surface area contributed by atoms with Crippen molar-refractivity contribution in [1.82, 2.24) is 4.90 Å². The quantitative estimate of drug-likeness (QED) is 0.927. The Hall–Kier alpha value is -1.84. The predicted molar refractivity (Wildman–Crippen MR) is 78.9 cm³/mol. The number of hydrogen-bond donors (Lipinski definition) is 1. The summed E-state index contributed by atoms with van der Waals surface area (Å²) in [6, 6.07) is 7.81. The van der Waals surface area contributed by atoms with E-state index >= 15 is 0 Å². The number of fused-ring (bicyclic) bond motifs is 1. The SMILES string of the molecule is O=C(O)[C@@H]1CCCN1C(=O)C[C@@H]1CCc2ccccc2C1. The number of amides is 1. The third-order valence-corrected chi connectivity index (χ3v) is 4.77. The van der Waals surface area contributed by atoms with Crippen molar-refractivity contribution in [3.05, 3.63) is 35.4 Å². The van der Waals surface area contributed by atoms with Crippen molar-refractivity contribution in [3.8, 4) is 0 Å². The third-order valence-electron chi connectivity index (χ3n) is 4.77. The van der Waals surface area contributed by atoms with Crippen molar-refractivity contribution in [2.45, 2.75) is 44.6 Å². The molecule has 4 heteroatoms. The summed E-state index contributed by atoms with van der Waals surface area (Å²) >= 11 is 0. The molecule has 1 aromatic carbocycles. The van der Waals surface area contributed by atoms with E-state index in [1.54, 1.807) is 4.90 Å². The first-order valence-corrected chi connectivity index (χ1v) is 7.74. The third kappa shape index (κ3) is 2.94. The highest BCUT2D eigenvalue weighted by molar-refractivity contribution is 5.84. The molecule has 1 aliphatic carbocycles. The molecule has 1 aromatic rings. The number of carboxylic acids is 1. The highest BCUT2D eigenvalue weighted by Gasteiger charge is 2.34. The van der Waals surface area contributed by atoms with Crippen LogP contribution < -0.4 is 0 Å². The van der Waals surface area contributed by atoms with Crippen LogP contribution in [-0.4, -0.2) is 34.5 Å². The standard InChI is InChI=1S/C17H21NO3/c19-16(18-9-3-6-15(18)17(20)21)11-12-7-8-13-4-1-2-5-14(13)10-12/h1-2,4-5,12,15H,3,6-11H2,(H,20,21)/t12-,15+/m1/s1. The van der Waals surface area contributed by atoms with E-state index in [0.717, 1.165) is 25.7 Å². The number of rotatable bonds is 3. The Labute approximate surface area is 124 Å². The molecular weight excluding hydrogens is 266 g/mol. The van der Waals surface area contributed by atoms with Gasteiger partial charge in [0, 0.05) is 13.0 Å². The Morgan fingerprint density at radius 1 is 1.19 bits per heavy atom. The molecule has 3 rings (SSSR count). The van der Waals surface area contributed by atoms with Crippen molar-refractivity contribution in [1.29, 1.82) is 0 Å². The van der Waals surface area contributed by atoms with Gasteiger partial charge in [-0.05, 0) is 49.1 Å². The van der Waals surface area contributed by atoms with Gasteiger partial charge >= 0.3 is 5.97 Å². The second-order valence-electron chi connectivity index (χ2n) is 6.17. The highest BCUT2D eigenvalue weighted by atomic mass is 16.4. The first-order chi connectivity index (χ1) is 10.1. The number of hydrogen-bond acceptors (Lipinski definition) is 2. The van der Waals surface area contributed by atoms with Crippen molar-refractivity contribution >= 4 is 11.9 Å². The Bertz CT molecular complexity index is 555. The molecular formula is C17H21NO3. The maximum atomic E-state index is 12.4. The van der Waals surface area contributed by atoms with Gasteiger partial charge in [-0.15, -0.1) is 0 Å². The zero-order valence-electron chi connectivity index (χ0n) is 12.1. The van der Waals surface area contributed by atoms with Gasteiger partial charge in [-0.25, -0.2) is 4.79 Å². The number of likely N-dealkylation sites (tertiary alicyclic amines) is 1. The molecule has 1 amide bonds. The predicted octanol–water partition coefficient (Wildman–Crippen LogP) is 2.26. The van der Waals surface area contributed by atoms with Crippen LogP contribution in [0.15, 0.2) is 24.3 Å². The molecule has 0 aromatic heterocycles. The molecule has 112 valence electrons. The molecule has 1 aliphatic heterocycles. The minimum absolute atomic E-state index is 0.0179. The normalized spacial score (nSPS) is 24.7. The monoisotopic (exact) mass is 287 g/mol. The second-order valence-corrected chi connectivity index (χ2v) is 6.17. The molecule has 1 fully saturated rings. The first kappa shape index (κ1) is 14.1. The number of carbonyl (C=O) groups is 2. The first-order valence-electron chi connectivity index (χ1n) is 7.74. The second kappa shape index (κ2) is 5.88. The molecule has 0 radical (unpaired) electrons. The summed E-state index contributed by atoms with van der Waals surface area (Å²) in [5.41, 5.74) is 2.74. The smallest absolute Gasteiger partial charge is 0.326 e. The summed E-state index contributed by atoms with van der Waals surface area (Å²) in [6.45, 7) is 0.596. The fourth-order valence-electron chi connectivity index (χ4n) is 3.63. The molecule has 2 atom stereocenters. The van der Waals surface area contributed by atoms with E-state index in [1.807, 2.05) is 6.07 Å². The maximum Gasteiger partial charge on any atom is 0.326 e. The lowest BCUT2D eigenvalue weighted by Gasteiger charge is -2.27. The van der Waals surface area contributed by atoms with Gasteiger partial charge in [-0.3, -0.25) is 4.79 Å². The molecule has 0 bridgehead atoms. The molecule has 0 unspecified atom stereocenters. The van der Waals surface area contributed by atoms with Crippen LogP contribution in [0.5, 0.6) is 0 Å². The Morgan fingerprint density at radius 3 is 2.71 bits per heavy atom. The molecule has 1 saturated heterocycles. The van der Waals surface area contributed by atoms with Crippen molar-refractivity contribution < 1.29 is 14.7 Å². The molecule has 0 saturated carbocycles. The summed E-state index contributed by atoms with van der Waals surface area (Å²) < 4.78 is 0. The van der Waals surface area contributed by atoms with Gasteiger partial charge in [0.2, 0.25) is 5.91 Å². The fourth-order valence-corrected chi connectivity index (χ4v) is 3.63. The topological polar surface area (TPSA) is 57.6 Å². The fraction of sp³-hybridized carbons (Fsp3) is 0.529. The van der Waals surface area contributed by atoms with E-state index in [1.165, 1.54) is 11.1 Å². The van der Waals surface area contributed by atoms with Gasteiger partial charge in [0.05, 0.1) is 0 Å². The summed E-state index contributed by atoms with van der Waals surface area (Å²) in [4.78, 5) is 25.2. The lowest BCUT2D eigenvalue weighted by molar-refractivity contribution is -0.148. The summed E-state index contributed by atoms with van der Waals surface area (Å²) in [7, 11) is 0. The zero-order valence-corrected chi connectivity index (χ0v) is 12.1. The Morgan fingerprint density at radius 2 is 1.95 bits per heavy atom. The summed E-state index contributed by atoms with van der Waals surface area (Å²) in [6.07, 6.45) is 4.86.